The molecule has 1 aromatic carbocycles. The number of hydrogen-bond donors (Lipinski definition) is 0. The van der Waals surface area contributed by atoms with Crippen LogP contribution in [0.2, 0.25) is 0 Å². The minimum Gasteiger partial charge on any atom is -0.355 e. The van der Waals surface area contributed by atoms with E-state index in [1.165, 1.54) is 11.1 Å². The lowest BCUT2D eigenvalue weighted by atomic mass is 9.96. The second-order valence-electron chi connectivity index (χ2n) is 7.94. The lowest BCUT2D eigenvalue weighted by Crippen LogP contribution is -2.52. The van der Waals surface area contributed by atoms with E-state index in [-0.39, 0.29) is 5.92 Å². The molecule has 6 heteroatoms. The van der Waals surface area contributed by atoms with E-state index in [2.05, 4.69) is 55.9 Å². The molecule has 0 aliphatic carbocycles. The van der Waals surface area contributed by atoms with Crippen LogP contribution in [0.5, 0.6) is 0 Å². The zero-order chi connectivity index (χ0) is 19.3. The van der Waals surface area contributed by atoms with Gasteiger partial charge >= 0.3 is 0 Å². The fraction of sp³-hybridized carbons (Fsp3) is 0.500. The highest BCUT2D eigenvalue weighted by Gasteiger charge is 2.31. The summed E-state index contributed by atoms with van der Waals surface area (Å²) >= 11 is 0. The molecule has 2 aliphatic heterocycles. The van der Waals surface area contributed by atoms with Crippen molar-refractivity contribution >= 4 is 11.7 Å². The van der Waals surface area contributed by atoms with E-state index in [9.17, 15) is 4.79 Å². The molecule has 0 unspecified atom stereocenters. The molecule has 0 saturated carbocycles. The van der Waals surface area contributed by atoms with Gasteiger partial charge in [-0.25, -0.2) is 4.98 Å². The van der Waals surface area contributed by atoms with Crippen LogP contribution in [0.3, 0.4) is 0 Å². The Morgan fingerprint density at radius 1 is 1.14 bits per heavy atom. The summed E-state index contributed by atoms with van der Waals surface area (Å²) in [6, 6.07) is 8.69. The highest BCUT2D eigenvalue weighted by Crippen LogP contribution is 2.23. The molecule has 3 heterocycles. The number of carbonyl (C=O) groups excluding carboxylic acids is 1. The normalized spacial score (nSPS) is 21.0. The van der Waals surface area contributed by atoms with E-state index in [1.54, 1.807) is 18.6 Å². The largest absolute Gasteiger partial charge is 0.355 e. The number of rotatable bonds is 4. The maximum absolute atomic E-state index is 13.1. The Hall–Kier alpha value is -2.47. The average molecular weight is 380 g/mol. The number of carbonyl (C=O) groups is 1. The van der Waals surface area contributed by atoms with Crippen LogP contribution in [-0.2, 0) is 11.3 Å². The van der Waals surface area contributed by atoms with Crippen molar-refractivity contribution in [3.63, 3.8) is 0 Å². The third-order valence-electron chi connectivity index (χ3n) is 5.82. The number of piperidine rings is 1. The molecule has 2 aromatic rings. The summed E-state index contributed by atoms with van der Waals surface area (Å²) in [5, 5.41) is 0. The number of anilines is 1. The zero-order valence-electron chi connectivity index (χ0n) is 16.6. The van der Waals surface area contributed by atoms with Crippen molar-refractivity contribution in [3.8, 4) is 0 Å². The van der Waals surface area contributed by atoms with Crippen LogP contribution in [0, 0.1) is 12.8 Å². The van der Waals surface area contributed by atoms with Gasteiger partial charge in [-0.15, -0.1) is 0 Å². The van der Waals surface area contributed by atoms with Gasteiger partial charge in [0.1, 0.15) is 5.82 Å². The molecule has 6 nitrogen and oxygen atoms in total. The number of hydrogen-bond acceptors (Lipinski definition) is 5. The van der Waals surface area contributed by atoms with Crippen LogP contribution in [0.15, 0.2) is 42.9 Å². The van der Waals surface area contributed by atoms with Crippen LogP contribution in [0.4, 0.5) is 5.82 Å². The zero-order valence-corrected chi connectivity index (χ0v) is 16.6. The molecule has 1 atom stereocenters. The summed E-state index contributed by atoms with van der Waals surface area (Å²) in [6.45, 7) is 8.34. The Bertz CT molecular complexity index is 789. The minimum atomic E-state index is 0.0686. The number of aryl methyl sites for hydroxylation is 1. The molecule has 1 aromatic heterocycles. The Balaban J connectivity index is 1.30. The smallest absolute Gasteiger partial charge is 0.227 e. The summed E-state index contributed by atoms with van der Waals surface area (Å²) in [5.41, 5.74) is 2.66. The molecule has 0 bridgehead atoms. The molecule has 2 saturated heterocycles. The van der Waals surface area contributed by atoms with Gasteiger partial charge in [0, 0.05) is 58.2 Å². The van der Waals surface area contributed by atoms with Gasteiger partial charge in [0.2, 0.25) is 5.91 Å². The molecular formula is C22H29N5O. The molecule has 2 fully saturated rings. The first-order valence-electron chi connectivity index (χ1n) is 10.3. The van der Waals surface area contributed by atoms with E-state index in [0.717, 1.165) is 64.5 Å². The molecule has 0 radical (unpaired) electrons. The molecule has 0 N–H and O–H groups in total. The topological polar surface area (TPSA) is 52.6 Å². The Labute approximate surface area is 167 Å². The molecule has 1 amide bonds. The Morgan fingerprint density at radius 2 is 2.00 bits per heavy atom. The molecule has 148 valence electrons. The van der Waals surface area contributed by atoms with E-state index in [0.29, 0.717) is 5.91 Å². The summed E-state index contributed by atoms with van der Waals surface area (Å²) in [7, 11) is 0. The van der Waals surface area contributed by atoms with Gasteiger partial charge in [0.15, 0.2) is 0 Å². The fourth-order valence-corrected chi connectivity index (χ4v) is 4.29. The van der Waals surface area contributed by atoms with Crippen molar-refractivity contribution in [2.24, 2.45) is 5.92 Å². The van der Waals surface area contributed by atoms with Gasteiger partial charge in [-0.3, -0.25) is 14.7 Å². The summed E-state index contributed by atoms with van der Waals surface area (Å²) in [6.07, 6.45) is 7.19. The molecule has 28 heavy (non-hydrogen) atoms. The number of aromatic nitrogens is 2. The predicted molar refractivity (Wildman–Crippen MR) is 110 cm³/mol. The van der Waals surface area contributed by atoms with Gasteiger partial charge in [0.25, 0.3) is 0 Å². The standard InChI is InChI=1S/C22H29N5O/c1-18-4-2-5-19(14-18)16-25-10-12-26(13-11-25)22(28)20-6-3-9-27(17-20)21-15-23-7-8-24-21/h2,4-5,7-8,14-15,20H,3,6,9-13,16-17H2,1H3/t20-/m0/s1. The third kappa shape index (κ3) is 4.50. The third-order valence-corrected chi connectivity index (χ3v) is 5.82. The van der Waals surface area contributed by atoms with Crippen molar-refractivity contribution in [3.05, 3.63) is 54.0 Å². The lowest BCUT2D eigenvalue weighted by molar-refractivity contribution is -0.137. The first-order chi connectivity index (χ1) is 13.7. The van der Waals surface area contributed by atoms with Crippen LogP contribution in [0.1, 0.15) is 24.0 Å². The Kier molecular flexibility index (Phi) is 5.86. The van der Waals surface area contributed by atoms with Crippen molar-refractivity contribution < 1.29 is 4.79 Å². The first-order valence-corrected chi connectivity index (χ1v) is 10.3. The second kappa shape index (κ2) is 8.69. The molecular weight excluding hydrogens is 350 g/mol. The highest BCUT2D eigenvalue weighted by molar-refractivity contribution is 5.80. The van der Waals surface area contributed by atoms with Gasteiger partial charge in [-0.1, -0.05) is 29.8 Å². The van der Waals surface area contributed by atoms with Crippen LogP contribution in [0.25, 0.3) is 0 Å². The van der Waals surface area contributed by atoms with Crippen LogP contribution < -0.4 is 4.90 Å². The van der Waals surface area contributed by atoms with Gasteiger partial charge < -0.3 is 9.80 Å². The van der Waals surface area contributed by atoms with Crippen molar-refractivity contribution in [1.82, 2.24) is 19.8 Å². The summed E-state index contributed by atoms with van der Waals surface area (Å²) in [5.74, 6) is 1.26. The molecule has 0 spiro atoms. The quantitative estimate of drug-likeness (QED) is 0.816. The maximum Gasteiger partial charge on any atom is 0.227 e. The number of amides is 1. The van der Waals surface area contributed by atoms with Crippen molar-refractivity contribution in [2.45, 2.75) is 26.3 Å². The van der Waals surface area contributed by atoms with E-state index >= 15 is 0 Å². The fourth-order valence-electron chi connectivity index (χ4n) is 4.29. The number of nitrogens with zero attached hydrogens (tertiary/aromatic N) is 5. The SMILES string of the molecule is Cc1cccc(CN2CCN(C(=O)[C@H]3CCCN(c4cnccn4)C3)CC2)c1. The Morgan fingerprint density at radius 3 is 2.75 bits per heavy atom. The van der Waals surface area contributed by atoms with Crippen LogP contribution >= 0.6 is 0 Å². The van der Waals surface area contributed by atoms with Crippen molar-refractivity contribution in [2.75, 3.05) is 44.2 Å². The van der Waals surface area contributed by atoms with Crippen molar-refractivity contribution in [1.29, 1.82) is 0 Å². The second-order valence-corrected chi connectivity index (χ2v) is 7.94. The van der Waals surface area contributed by atoms with Gasteiger partial charge in [-0.05, 0) is 25.3 Å². The monoisotopic (exact) mass is 379 g/mol. The van der Waals surface area contributed by atoms with E-state index in [1.807, 2.05) is 0 Å². The molecule has 2 aliphatic rings. The van der Waals surface area contributed by atoms with E-state index in [4.69, 9.17) is 0 Å². The minimum absolute atomic E-state index is 0.0686. The van der Waals surface area contributed by atoms with E-state index < -0.39 is 0 Å². The average Bonchev–Trinajstić information content (AvgIpc) is 2.75. The number of benzene rings is 1. The maximum atomic E-state index is 13.1. The summed E-state index contributed by atoms with van der Waals surface area (Å²) in [4.78, 5) is 28.4. The highest BCUT2D eigenvalue weighted by atomic mass is 16.2. The number of piperazine rings is 1. The predicted octanol–water partition coefficient (Wildman–Crippen LogP) is 2.35. The van der Waals surface area contributed by atoms with Crippen LogP contribution in [-0.4, -0.2) is 64.9 Å². The lowest BCUT2D eigenvalue weighted by Gasteiger charge is -2.39. The first kappa shape index (κ1) is 18.9. The van der Waals surface area contributed by atoms with Gasteiger partial charge in [-0.2, -0.15) is 0 Å². The molecule has 4 rings (SSSR count). The van der Waals surface area contributed by atoms with Gasteiger partial charge in [0.05, 0.1) is 12.1 Å². The summed E-state index contributed by atoms with van der Waals surface area (Å²) < 4.78 is 0.